The molecule has 0 amide bonds. The van der Waals surface area contributed by atoms with E-state index in [9.17, 15) is 0 Å². The molecule has 1 aromatic heterocycles. The SMILES string of the molecule is COc1cc(N)nn1C(C)C. The third-order valence-corrected chi connectivity index (χ3v) is 1.42. The largest absolute Gasteiger partial charge is 0.481 e. The monoisotopic (exact) mass is 155 g/mol. The van der Waals surface area contributed by atoms with Crippen LogP contribution in [-0.2, 0) is 0 Å². The summed E-state index contributed by atoms with van der Waals surface area (Å²) in [5.74, 6) is 1.20. The summed E-state index contributed by atoms with van der Waals surface area (Å²) in [5.41, 5.74) is 5.48. The van der Waals surface area contributed by atoms with E-state index < -0.39 is 0 Å². The van der Waals surface area contributed by atoms with Gasteiger partial charge >= 0.3 is 0 Å². The number of nitrogen functional groups attached to an aromatic ring is 1. The average Bonchev–Trinajstić information content (AvgIpc) is 2.30. The van der Waals surface area contributed by atoms with Gasteiger partial charge in [0.05, 0.1) is 13.2 Å². The Bertz CT molecular complexity index is 242. The first kappa shape index (κ1) is 7.91. The number of ether oxygens (including phenoxy) is 1. The lowest BCUT2D eigenvalue weighted by molar-refractivity contribution is 0.345. The number of rotatable bonds is 2. The minimum absolute atomic E-state index is 0.280. The first-order chi connectivity index (χ1) is 5.15. The Kier molecular flexibility index (Phi) is 2.03. The van der Waals surface area contributed by atoms with Gasteiger partial charge in [0.15, 0.2) is 0 Å². The molecule has 0 radical (unpaired) electrons. The van der Waals surface area contributed by atoms with Crippen LogP contribution in [0.2, 0.25) is 0 Å². The highest BCUT2D eigenvalue weighted by molar-refractivity contribution is 5.33. The molecular weight excluding hydrogens is 142 g/mol. The molecule has 1 heterocycles. The van der Waals surface area contributed by atoms with Crippen molar-refractivity contribution in [2.24, 2.45) is 0 Å². The number of nitrogens with two attached hydrogens (primary N) is 1. The van der Waals surface area contributed by atoms with Crippen LogP contribution in [0.5, 0.6) is 5.88 Å². The van der Waals surface area contributed by atoms with Gasteiger partial charge in [0.2, 0.25) is 5.88 Å². The molecule has 11 heavy (non-hydrogen) atoms. The first-order valence-corrected chi connectivity index (χ1v) is 3.54. The van der Waals surface area contributed by atoms with Crippen LogP contribution in [0, 0.1) is 0 Å². The molecule has 0 spiro atoms. The summed E-state index contributed by atoms with van der Waals surface area (Å²) in [6, 6.07) is 1.99. The molecule has 0 aromatic carbocycles. The minimum Gasteiger partial charge on any atom is -0.481 e. The van der Waals surface area contributed by atoms with Crippen molar-refractivity contribution in [1.82, 2.24) is 9.78 Å². The summed E-state index contributed by atoms with van der Waals surface area (Å²) in [5, 5.41) is 4.05. The molecule has 0 unspecified atom stereocenters. The second kappa shape index (κ2) is 2.82. The van der Waals surface area contributed by atoms with Gasteiger partial charge < -0.3 is 10.5 Å². The van der Waals surface area contributed by atoms with E-state index in [1.165, 1.54) is 0 Å². The average molecular weight is 155 g/mol. The van der Waals surface area contributed by atoms with E-state index in [2.05, 4.69) is 5.10 Å². The summed E-state index contributed by atoms with van der Waals surface area (Å²) in [6.07, 6.45) is 0. The number of aromatic nitrogens is 2. The highest BCUT2D eigenvalue weighted by Crippen LogP contribution is 2.18. The molecule has 0 saturated carbocycles. The van der Waals surface area contributed by atoms with Crippen LogP contribution >= 0.6 is 0 Å². The standard InChI is InChI=1S/C7H13N3O/c1-5(2)10-7(11-3)4-6(8)9-10/h4-5H,1-3H3,(H2,8,9). The van der Waals surface area contributed by atoms with Crippen LogP contribution in [0.25, 0.3) is 0 Å². The van der Waals surface area contributed by atoms with Crippen molar-refractivity contribution < 1.29 is 4.74 Å². The molecule has 2 N–H and O–H groups in total. The maximum absolute atomic E-state index is 5.48. The summed E-state index contributed by atoms with van der Waals surface area (Å²) in [6.45, 7) is 4.05. The Hall–Kier alpha value is -1.19. The molecule has 1 aromatic rings. The fraction of sp³-hybridized carbons (Fsp3) is 0.571. The summed E-state index contributed by atoms with van der Waals surface area (Å²) >= 11 is 0. The predicted octanol–water partition coefficient (Wildman–Crippen LogP) is 1.05. The lowest BCUT2D eigenvalue weighted by atomic mass is 10.4. The van der Waals surface area contributed by atoms with Crippen LogP contribution in [-0.4, -0.2) is 16.9 Å². The Morgan fingerprint density at radius 1 is 1.64 bits per heavy atom. The van der Waals surface area contributed by atoms with E-state index in [0.717, 1.165) is 0 Å². The molecule has 0 aliphatic rings. The van der Waals surface area contributed by atoms with Gasteiger partial charge in [-0.25, -0.2) is 4.68 Å². The fourth-order valence-electron chi connectivity index (χ4n) is 0.918. The van der Waals surface area contributed by atoms with Gasteiger partial charge in [-0.2, -0.15) is 5.10 Å². The maximum Gasteiger partial charge on any atom is 0.213 e. The topological polar surface area (TPSA) is 53.1 Å². The molecule has 0 bridgehead atoms. The maximum atomic E-state index is 5.48. The van der Waals surface area contributed by atoms with Crippen molar-refractivity contribution in [2.45, 2.75) is 19.9 Å². The molecule has 1 rings (SSSR count). The Morgan fingerprint density at radius 3 is 2.64 bits per heavy atom. The van der Waals surface area contributed by atoms with Crippen molar-refractivity contribution >= 4 is 5.82 Å². The highest BCUT2D eigenvalue weighted by Gasteiger charge is 2.07. The number of hydrogen-bond acceptors (Lipinski definition) is 3. The molecule has 62 valence electrons. The van der Waals surface area contributed by atoms with Gasteiger partial charge in [-0.1, -0.05) is 0 Å². The number of nitrogens with zero attached hydrogens (tertiary/aromatic N) is 2. The second-order valence-electron chi connectivity index (χ2n) is 2.65. The summed E-state index contributed by atoms with van der Waals surface area (Å²) < 4.78 is 6.79. The normalized spacial score (nSPS) is 10.5. The van der Waals surface area contributed by atoms with Crippen LogP contribution < -0.4 is 10.5 Å². The van der Waals surface area contributed by atoms with E-state index in [-0.39, 0.29) is 6.04 Å². The van der Waals surface area contributed by atoms with E-state index in [4.69, 9.17) is 10.5 Å². The number of anilines is 1. The Labute approximate surface area is 66.0 Å². The smallest absolute Gasteiger partial charge is 0.213 e. The molecule has 4 nitrogen and oxygen atoms in total. The van der Waals surface area contributed by atoms with Crippen LogP contribution in [0.4, 0.5) is 5.82 Å². The highest BCUT2D eigenvalue weighted by atomic mass is 16.5. The molecule has 0 aliphatic heterocycles. The third-order valence-electron chi connectivity index (χ3n) is 1.42. The van der Waals surface area contributed by atoms with Crippen molar-refractivity contribution in [3.63, 3.8) is 0 Å². The van der Waals surface area contributed by atoms with Crippen molar-refractivity contribution in [2.75, 3.05) is 12.8 Å². The lowest BCUT2D eigenvalue weighted by Gasteiger charge is -2.07. The quantitative estimate of drug-likeness (QED) is 0.694. The molecular formula is C7H13N3O. The zero-order valence-electron chi connectivity index (χ0n) is 7.03. The van der Waals surface area contributed by atoms with E-state index in [0.29, 0.717) is 11.7 Å². The minimum atomic E-state index is 0.280. The third kappa shape index (κ3) is 1.45. The summed E-state index contributed by atoms with van der Waals surface area (Å²) in [4.78, 5) is 0. The molecule has 0 saturated heterocycles. The predicted molar refractivity (Wildman–Crippen MR) is 43.6 cm³/mol. The molecule has 0 atom stereocenters. The van der Waals surface area contributed by atoms with Gasteiger partial charge in [-0.3, -0.25) is 0 Å². The summed E-state index contributed by atoms with van der Waals surface area (Å²) in [7, 11) is 1.61. The zero-order chi connectivity index (χ0) is 8.43. The van der Waals surface area contributed by atoms with Crippen molar-refractivity contribution in [1.29, 1.82) is 0 Å². The van der Waals surface area contributed by atoms with Crippen molar-refractivity contribution in [3.05, 3.63) is 6.07 Å². The zero-order valence-corrected chi connectivity index (χ0v) is 7.03. The molecule has 0 fully saturated rings. The first-order valence-electron chi connectivity index (χ1n) is 3.54. The molecule has 0 aliphatic carbocycles. The van der Waals surface area contributed by atoms with Gasteiger partial charge in [-0.05, 0) is 13.8 Å². The molecule has 4 heteroatoms. The lowest BCUT2D eigenvalue weighted by Crippen LogP contribution is -2.05. The van der Waals surface area contributed by atoms with Gasteiger partial charge in [-0.15, -0.1) is 0 Å². The van der Waals surface area contributed by atoms with Gasteiger partial charge in [0, 0.05) is 6.07 Å². The number of hydrogen-bond donors (Lipinski definition) is 1. The van der Waals surface area contributed by atoms with Gasteiger partial charge in [0.25, 0.3) is 0 Å². The van der Waals surface area contributed by atoms with Crippen LogP contribution in [0.3, 0.4) is 0 Å². The van der Waals surface area contributed by atoms with Crippen LogP contribution in [0.15, 0.2) is 6.07 Å². The van der Waals surface area contributed by atoms with E-state index in [1.54, 1.807) is 17.9 Å². The van der Waals surface area contributed by atoms with E-state index >= 15 is 0 Å². The van der Waals surface area contributed by atoms with Crippen molar-refractivity contribution in [3.8, 4) is 5.88 Å². The second-order valence-corrected chi connectivity index (χ2v) is 2.65. The Balaban J connectivity index is 3.02. The van der Waals surface area contributed by atoms with Gasteiger partial charge in [0.1, 0.15) is 5.82 Å². The Morgan fingerprint density at radius 2 is 2.27 bits per heavy atom. The van der Waals surface area contributed by atoms with Crippen LogP contribution in [0.1, 0.15) is 19.9 Å². The fourth-order valence-corrected chi connectivity index (χ4v) is 0.918. The van der Waals surface area contributed by atoms with E-state index in [1.807, 2.05) is 13.8 Å². The number of methoxy groups -OCH3 is 1.